The number of esters is 2. The summed E-state index contributed by atoms with van der Waals surface area (Å²) in [7, 11) is 0. The average Bonchev–Trinajstić information content (AvgIpc) is 2.67. The molecule has 0 aromatic heterocycles. The first-order valence-electron chi connectivity index (χ1n) is 5.03. The van der Waals surface area contributed by atoms with E-state index in [2.05, 4.69) is 0 Å². The van der Waals surface area contributed by atoms with E-state index in [1.165, 1.54) is 0 Å². The van der Waals surface area contributed by atoms with Crippen molar-refractivity contribution >= 4 is 29.3 Å². The van der Waals surface area contributed by atoms with Crippen molar-refractivity contribution < 1.29 is 19.1 Å². The second kappa shape index (κ2) is 4.59. The Labute approximate surface area is 103 Å². The van der Waals surface area contributed by atoms with E-state index < -0.39 is 11.9 Å². The molecular weight excluding hydrogens is 244 g/mol. The summed E-state index contributed by atoms with van der Waals surface area (Å²) in [6.45, 7) is 1.87. The van der Waals surface area contributed by atoms with Gasteiger partial charge in [0.15, 0.2) is 10.8 Å². The molecule has 1 aromatic rings. The molecule has 0 aliphatic carbocycles. The summed E-state index contributed by atoms with van der Waals surface area (Å²) in [5, 5.41) is -0.217. The zero-order valence-corrected chi connectivity index (χ0v) is 9.78. The minimum absolute atomic E-state index is 0.0608. The van der Waals surface area contributed by atoms with Crippen LogP contribution in [0.1, 0.15) is 22.8 Å². The van der Waals surface area contributed by atoms with Crippen LogP contribution in [0.4, 0.5) is 0 Å². The van der Waals surface area contributed by atoms with Crippen molar-refractivity contribution in [3.8, 4) is 0 Å². The molecule has 0 unspecified atom stereocenters. The molecule has 0 spiro atoms. The Morgan fingerprint density at radius 3 is 2.65 bits per heavy atom. The lowest BCUT2D eigenvalue weighted by Gasteiger charge is -2.03. The summed E-state index contributed by atoms with van der Waals surface area (Å²) in [5.74, 6) is -1.16. The summed E-state index contributed by atoms with van der Waals surface area (Å²) in [6.07, 6.45) is 0. The van der Waals surface area contributed by atoms with Crippen molar-refractivity contribution in [3.05, 3.63) is 40.4 Å². The van der Waals surface area contributed by atoms with Crippen LogP contribution in [-0.4, -0.2) is 18.5 Å². The molecule has 0 radical (unpaired) electrons. The Hall–Kier alpha value is -1.81. The standard InChI is InChI=1S/C12H9ClO4/c1-2-16-12(15)9(13)10-7-5-3-4-6-8(7)11(14)17-10/h3-6H,2H2,1H3/b10-9+. The smallest absolute Gasteiger partial charge is 0.353 e. The summed E-state index contributed by atoms with van der Waals surface area (Å²) < 4.78 is 9.72. The monoisotopic (exact) mass is 252 g/mol. The predicted octanol–water partition coefficient (Wildman–Crippen LogP) is 2.33. The van der Waals surface area contributed by atoms with E-state index >= 15 is 0 Å². The quantitative estimate of drug-likeness (QED) is 0.599. The Balaban J connectivity index is 2.46. The topological polar surface area (TPSA) is 52.6 Å². The number of carbonyl (C=O) groups is 2. The van der Waals surface area contributed by atoms with Crippen LogP contribution in [0.3, 0.4) is 0 Å². The minimum atomic E-state index is -0.700. The lowest BCUT2D eigenvalue weighted by atomic mass is 10.1. The van der Waals surface area contributed by atoms with Gasteiger partial charge in [-0.2, -0.15) is 0 Å². The minimum Gasteiger partial charge on any atom is -0.462 e. The van der Waals surface area contributed by atoms with Gasteiger partial charge in [0.2, 0.25) is 0 Å². The van der Waals surface area contributed by atoms with Gasteiger partial charge in [-0.05, 0) is 13.0 Å². The van der Waals surface area contributed by atoms with E-state index in [1.54, 1.807) is 31.2 Å². The molecule has 0 saturated carbocycles. The van der Waals surface area contributed by atoms with Crippen molar-refractivity contribution in [3.63, 3.8) is 0 Å². The maximum atomic E-state index is 11.5. The number of fused-ring (bicyclic) bond motifs is 1. The molecule has 88 valence electrons. The van der Waals surface area contributed by atoms with Crippen LogP contribution in [0.15, 0.2) is 29.3 Å². The van der Waals surface area contributed by atoms with E-state index in [9.17, 15) is 9.59 Å². The van der Waals surface area contributed by atoms with Gasteiger partial charge < -0.3 is 9.47 Å². The third-order valence-corrected chi connectivity index (χ3v) is 2.57. The lowest BCUT2D eigenvalue weighted by molar-refractivity contribution is -0.137. The van der Waals surface area contributed by atoms with Crippen LogP contribution in [0.5, 0.6) is 0 Å². The first kappa shape index (κ1) is 11.7. The molecule has 1 aromatic carbocycles. The second-order valence-electron chi connectivity index (χ2n) is 3.30. The molecular formula is C12H9ClO4. The largest absolute Gasteiger partial charge is 0.462 e. The van der Waals surface area contributed by atoms with Gasteiger partial charge in [0.1, 0.15) is 0 Å². The molecule has 1 aliphatic rings. The number of carbonyl (C=O) groups excluding carboxylic acids is 2. The van der Waals surface area contributed by atoms with Crippen LogP contribution in [0, 0.1) is 0 Å². The molecule has 0 N–H and O–H groups in total. The summed E-state index contributed by atoms with van der Waals surface area (Å²) in [4.78, 5) is 22.9. The second-order valence-corrected chi connectivity index (χ2v) is 3.68. The molecule has 0 amide bonds. The van der Waals surface area contributed by atoms with E-state index in [0.717, 1.165) is 0 Å². The number of rotatable bonds is 2. The number of ether oxygens (including phenoxy) is 2. The highest BCUT2D eigenvalue weighted by Crippen LogP contribution is 2.33. The predicted molar refractivity (Wildman–Crippen MR) is 61.3 cm³/mol. The molecule has 0 fully saturated rings. The number of hydrogen-bond acceptors (Lipinski definition) is 4. The number of benzene rings is 1. The van der Waals surface area contributed by atoms with Crippen LogP contribution in [0.25, 0.3) is 5.76 Å². The molecule has 2 rings (SSSR count). The molecule has 0 bridgehead atoms. The summed E-state index contributed by atoms with van der Waals surface area (Å²) in [5.41, 5.74) is 0.903. The van der Waals surface area contributed by atoms with Gasteiger partial charge in [-0.1, -0.05) is 29.8 Å². The van der Waals surface area contributed by atoms with E-state index in [-0.39, 0.29) is 17.4 Å². The van der Waals surface area contributed by atoms with E-state index in [0.29, 0.717) is 11.1 Å². The van der Waals surface area contributed by atoms with Gasteiger partial charge in [0.25, 0.3) is 0 Å². The maximum Gasteiger partial charge on any atom is 0.353 e. The van der Waals surface area contributed by atoms with Crippen molar-refractivity contribution in [2.24, 2.45) is 0 Å². The summed E-state index contributed by atoms with van der Waals surface area (Å²) >= 11 is 5.84. The molecule has 17 heavy (non-hydrogen) atoms. The molecule has 0 atom stereocenters. The number of halogens is 1. The van der Waals surface area contributed by atoms with Crippen LogP contribution < -0.4 is 0 Å². The molecule has 4 nitrogen and oxygen atoms in total. The Bertz CT molecular complexity index is 519. The van der Waals surface area contributed by atoms with Crippen molar-refractivity contribution in [1.29, 1.82) is 0 Å². The lowest BCUT2D eigenvalue weighted by Crippen LogP contribution is -2.06. The first-order chi connectivity index (χ1) is 8.15. The highest BCUT2D eigenvalue weighted by atomic mass is 35.5. The van der Waals surface area contributed by atoms with E-state index in [1.807, 2.05) is 0 Å². The molecule has 5 heteroatoms. The van der Waals surface area contributed by atoms with Crippen molar-refractivity contribution in [2.75, 3.05) is 6.61 Å². The van der Waals surface area contributed by atoms with Crippen LogP contribution >= 0.6 is 11.6 Å². The van der Waals surface area contributed by atoms with Crippen LogP contribution in [-0.2, 0) is 14.3 Å². The first-order valence-corrected chi connectivity index (χ1v) is 5.41. The highest BCUT2D eigenvalue weighted by molar-refractivity contribution is 6.44. The van der Waals surface area contributed by atoms with Gasteiger partial charge in [-0.25, -0.2) is 9.59 Å². The third-order valence-electron chi connectivity index (χ3n) is 2.24. The SMILES string of the molecule is CCOC(=O)/C(Cl)=C1\OC(=O)c2ccccc21. The fourth-order valence-electron chi connectivity index (χ4n) is 1.51. The normalized spacial score (nSPS) is 16.2. The average molecular weight is 253 g/mol. The third kappa shape index (κ3) is 2.03. The van der Waals surface area contributed by atoms with Gasteiger partial charge in [-0.15, -0.1) is 0 Å². The Morgan fingerprint density at radius 1 is 1.35 bits per heavy atom. The van der Waals surface area contributed by atoms with Crippen molar-refractivity contribution in [2.45, 2.75) is 6.92 Å². The highest BCUT2D eigenvalue weighted by Gasteiger charge is 2.30. The molecule has 1 heterocycles. The van der Waals surface area contributed by atoms with Crippen molar-refractivity contribution in [1.82, 2.24) is 0 Å². The number of cyclic esters (lactones) is 1. The zero-order valence-electron chi connectivity index (χ0n) is 9.03. The van der Waals surface area contributed by atoms with Gasteiger partial charge in [-0.3, -0.25) is 0 Å². The molecule has 1 aliphatic heterocycles. The molecule has 0 saturated heterocycles. The van der Waals surface area contributed by atoms with Gasteiger partial charge in [0, 0.05) is 5.56 Å². The fraction of sp³-hybridized carbons (Fsp3) is 0.167. The van der Waals surface area contributed by atoms with E-state index in [4.69, 9.17) is 21.1 Å². The maximum absolute atomic E-state index is 11.5. The summed E-state index contributed by atoms with van der Waals surface area (Å²) in [6, 6.07) is 6.72. The number of hydrogen-bond donors (Lipinski definition) is 0. The van der Waals surface area contributed by atoms with Crippen LogP contribution in [0.2, 0.25) is 0 Å². The zero-order chi connectivity index (χ0) is 12.4. The van der Waals surface area contributed by atoms with Gasteiger partial charge in [0.05, 0.1) is 12.2 Å². The van der Waals surface area contributed by atoms with Gasteiger partial charge >= 0.3 is 11.9 Å². The Kier molecular flexibility index (Phi) is 3.15. The Morgan fingerprint density at radius 2 is 2.00 bits per heavy atom. The fourth-order valence-corrected chi connectivity index (χ4v) is 1.71.